The van der Waals surface area contributed by atoms with Crippen LogP contribution in [0.4, 0.5) is 4.39 Å². The van der Waals surface area contributed by atoms with Gasteiger partial charge in [-0.1, -0.05) is 0 Å². The number of amides is 1. The fourth-order valence-electron chi connectivity index (χ4n) is 2.31. The Morgan fingerprint density at radius 3 is 2.00 bits per heavy atom. The van der Waals surface area contributed by atoms with Crippen LogP contribution in [0.15, 0.2) is 0 Å². The lowest BCUT2D eigenvalue weighted by molar-refractivity contribution is -0.393. The largest absolute Gasteiger partial charge is 0.463 e. The Morgan fingerprint density at radius 1 is 1.04 bits per heavy atom. The van der Waals surface area contributed by atoms with Crippen molar-refractivity contribution in [2.75, 3.05) is 6.61 Å². The average Bonchev–Trinajstić information content (AvgIpc) is 2.44. The second kappa shape index (κ2) is 7.93. The van der Waals surface area contributed by atoms with Gasteiger partial charge in [0.05, 0.1) is 0 Å². The summed E-state index contributed by atoms with van der Waals surface area (Å²) in [5.74, 6) is -7.56. The van der Waals surface area contributed by atoms with Gasteiger partial charge < -0.3 is 34.5 Å². The van der Waals surface area contributed by atoms with E-state index in [0.29, 0.717) is 0 Å². The van der Waals surface area contributed by atoms with E-state index in [-0.39, 0.29) is 0 Å². The van der Waals surface area contributed by atoms with Crippen molar-refractivity contribution in [3.05, 3.63) is 0 Å². The molecule has 1 aliphatic rings. The molecular formula is C14H20FNO10. The Balaban J connectivity index is 3.38. The third-order valence-corrected chi connectivity index (χ3v) is 3.24. The summed E-state index contributed by atoms with van der Waals surface area (Å²) < 4.78 is 33.9. The van der Waals surface area contributed by atoms with Gasteiger partial charge >= 0.3 is 17.9 Å². The van der Waals surface area contributed by atoms with E-state index in [1.165, 1.54) is 0 Å². The summed E-state index contributed by atoms with van der Waals surface area (Å²) in [5, 5.41) is 22.7. The van der Waals surface area contributed by atoms with E-state index in [1.54, 1.807) is 0 Å². The van der Waals surface area contributed by atoms with E-state index < -0.39 is 60.5 Å². The first-order valence-electron chi connectivity index (χ1n) is 7.36. The maximum Gasteiger partial charge on any atom is 0.305 e. The zero-order chi connectivity index (χ0) is 20.3. The van der Waals surface area contributed by atoms with Crippen LogP contribution >= 0.6 is 0 Å². The number of rotatable bonds is 5. The molecular weight excluding hydrogens is 361 g/mol. The van der Waals surface area contributed by atoms with Crippen molar-refractivity contribution in [1.29, 1.82) is 0 Å². The fourth-order valence-corrected chi connectivity index (χ4v) is 2.31. The molecule has 0 aliphatic carbocycles. The molecule has 1 rings (SSSR count). The summed E-state index contributed by atoms with van der Waals surface area (Å²) in [7, 11) is 0. The molecule has 0 unspecified atom stereocenters. The number of carbonyl (C=O) groups is 4. The number of halogens is 1. The van der Waals surface area contributed by atoms with Crippen LogP contribution in [-0.4, -0.2) is 70.7 Å². The predicted octanol–water partition coefficient (Wildman–Crippen LogP) is -1.75. The van der Waals surface area contributed by atoms with Gasteiger partial charge in [-0.05, 0) is 0 Å². The van der Waals surface area contributed by atoms with E-state index in [0.717, 1.165) is 27.7 Å². The number of esters is 3. The van der Waals surface area contributed by atoms with Crippen molar-refractivity contribution in [2.45, 2.75) is 57.8 Å². The number of alkyl halides is 1. The third-order valence-electron chi connectivity index (χ3n) is 3.24. The normalized spacial score (nSPS) is 33.7. The topological polar surface area (TPSA) is 158 Å². The van der Waals surface area contributed by atoms with Crippen molar-refractivity contribution < 1.29 is 52.7 Å². The van der Waals surface area contributed by atoms with Gasteiger partial charge in [0.2, 0.25) is 17.7 Å². The minimum Gasteiger partial charge on any atom is -0.463 e. The van der Waals surface area contributed by atoms with Gasteiger partial charge in [0.25, 0.3) is 12.1 Å². The summed E-state index contributed by atoms with van der Waals surface area (Å²) in [5.41, 5.74) is -2.97. The number of aliphatic hydroxyl groups is 2. The van der Waals surface area contributed by atoms with Crippen LogP contribution < -0.4 is 5.32 Å². The van der Waals surface area contributed by atoms with Crippen LogP contribution in [0.5, 0.6) is 0 Å². The lowest BCUT2D eigenvalue weighted by Crippen LogP contribution is -2.78. The van der Waals surface area contributed by atoms with Crippen molar-refractivity contribution in [2.24, 2.45) is 0 Å². The van der Waals surface area contributed by atoms with E-state index in [1.807, 2.05) is 5.32 Å². The molecule has 1 heterocycles. The Kier molecular flexibility index (Phi) is 6.63. The lowest BCUT2D eigenvalue weighted by Gasteiger charge is -2.50. The number of nitrogens with one attached hydrogen (secondary N) is 1. The van der Waals surface area contributed by atoms with Crippen LogP contribution in [0.25, 0.3) is 0 Å². The first kappa shape index (κ1) is 21.7. The molecule has 0 saturated carbocycles. The Bertz CT molecular complexity index is 594. The SMILES string of the molecule is CC(=O)N[C@]1(O)[C@@H](OC(C)=O)O[C@H](COC(C)=O)[C@](O)(F)[C@@H]1OC(C)=O. The highest BCUT2D eigenvalue weighted by Gasteiger charge is 2.68. The first-order valence-corrected chi connectivity index (χ1v) is 7.36. The second-order valence-corrected chi connectivity index (χ2v) is 5.59. The first-order chi connectivity index (χ1) is 11.8. The van der Waals surface area contributed by atoms with Crippen molar-refractivity contribution >= 4 is 23.8 Å². The molecule has 0 aromatic carbocycles. The maximum atomic E-state index is 15.0. The molecule has 0 bridgehead atoms. The van der Waals surface area contributed by atoms with E-state index in [4.69, 9.17) is 9.47 Å². The molecule has 1 fully saturated rings. The number of hydrogen-bond acceptors (Lipinski definition) is 10. The van der Waals surface area contributed by atoms with Gasteiger partial charge in [-0.25, -0.2) is 4.39 Å². The zero-order valence-corrected chi connectivity index (χ0v) is 14.5. The number of carbonyl (C=O) groups excluding carboxylic acids is 4. The minimum absolute atomic E-state index is 0.847. The smallest absolute Gasteiger partial charge is 0.305 e. The van der Waals surface area contributed by atoms with Crippen molar-refractivity contribution in [1.82, 2.24) is 5.32 Å². The molecule has 5 atom stereocenters. The van der Waals surface area contributed by atoms with E-state index in [9.17, 15) is 33.8 Å². The highest BCUT2D eigenvalue weighted by molar-refractivity contribution is 5.74. The van der Waals surface area contributed by atoms with Crippen LogP contribution in [0.3, 0.4) is 0 Å². The van der Waals surface area contributed by atoms with Gasteiger partial charge in [0, 0.05) is 27.7 Å². The molecule has 11 nitrogen and oxygen atoms in total. The van der Waals surface area contributed by atoms with Gasteiger partial charge in [-0.2, -0.15) is 0 Å². The zero-order valence-electron chi connectivity index (χ0n) is 14.5. The molecule has 148 valence electrons. The average molecular weight is 381 g/mol. The molecule has 0 radical (unpaired) electrons. The van der Waals surface area contributed by atoms with Crippen molar-refractivity contribution in [3.63, 3.8) is 0 Å². The summed E-state index contributed by atoms with van der Waals surface area (Å²) in [6.07, 6.45) is -6.59. The maximum absolute atomic E-state index is 15.0. The third kappa shape index (κ3) is 4.86. The molecule has 26 heavy (non-hydrogen) atoms. The summed E-state index contributed by atoms with van der Waals surface area (Å²) >= 11 is 0. The Morgan fingerprint density at radius 2 is 1.58 bits per heavy atom. The molecule has 1 aliphatic heterocycles. The van der Waals surface area contributed by atoms with Gasteiger partial charge in [-0.3, -0.25) is 19.2 Å². The number of ether oxygens (including phenoxy) is 4. The Hall–Kier alpha value is -2.31. The van der Waals surface area contributed by atoms with Crippen LogP contribution in [0.2, 0.25) is 0 Å². The quantitative estimate of drug-likeness (QED) is 0.283. The predicted molar refractivity (Wildman–Crippen MR) is 77.4 cm³/mol. The summed E-state index contributed by atoms with van der Waals surface area (Å²) in [6.45, 7) is 2.84. The summed E-state index contributed by atoms with van der Waals surface area (Å²) in [4.78, 5) is 44.9. The number of hydrogen-bond donors (Lipinski definition) is 3. The van der Waals surface area contributed by atoms with Gasteiger partial charge in [0.15, 0.2) is 6.10 Å². The van der Waals surface area contributed by atoms with Crippen LogP contribution in [0, 0.1) is 0 Å². The second-order valence-electron chi connectivity index (χ2n) is 5.59. The lowest BCUT2D eigenvalue weighted by atomic mass is 9.90. The molecule has 1 amide bonds. The van der Waals surface area contributed by atoms with E-state index in [2.05, 4.69) is 9.47 Å². The van der Waals surface area contributed by atoms with Crippen molar-refractivity contribution in [3.8, 4) is 0 Å². The Labute approximate surface area is 147 Å². The molecule has 12 heteroatoms. The molecule has 0 aromatic heterocycles. The van der Waals surface area contributed by atoms with Crippen LogP contribution in [-0.2, 0) is 38.1 Å². The molecule has 3 N–H and O–H groups in total. The standard InChI is InChI=1S/C14H20FNO10/c1-6(17)16-14(22)11(24-8(3)19)13(15,21)10(5-23-7(2)18)26-12(14)25-9(4)20/h10-12,21-22H,5H2,1-4H3,(H,16,17)/t10-,11+,12+,13-,14-/m1/s1. The molecule has 1 saturated heterocycles. The minimum atomic E-state index is -3.63. The monoisotopic (exact) mass is 381 g/mol. The highest BCUT2D eigenvalue weighted by atomic mass is 19.2. The van der Waals surface area contributed by atoms with E-state index >= 15 is 0 Å². The highest BCUT2D eigenvalue weighted by Crippen LogP contribution is 2.39. The fraction of sp³-hybridized carbons (Fsp3) is 0.714. The summed E-state index contributed by atoms with van der Waals surface area (Å²) in [6, 6.07) is 0. The molecule has 0 spiro atoms. The van der Waals surface area contributed by atoms with Gasteiger partial charge in [0.1, 0.15) is 6.61 Å². The molecule has 0 aromatic rings. The van der Waals surface area contributed by atoms with Crippen LogP contribution in [0.1, 0.15) is 27.7 Å². The van der Waals surface area contributed by atoms with Gasteiger partial charge in [-0.15, -0.1) is 0 Å².